The summed E-state index contributed by atoms with van der Waals surface area (Å²) >= 11 is 0.789. The van der Waals surface area contributed by atoms with Crippen molar-refractivity contribution in [2.75, 3.05) is 7.11 Å². The van der Waals surface area contributed by atoms with Crippen LogP contribution in [0.15, 0.2) is 71.6 Å². The Kier molecular flexibility index (Phi) is 6.74. The number of rotatable bonds is 6. The molecule has 1 aliphatic heterocycles. The average Bonchev–Trinajstić information content (AvgIpc) is 3.08. The summed E-state index contributed by atoms with van der Waals surface area (Å²) in [5.41, 5.74) is 1.20. The number of carbonyl (C=O) groups is 3. The van der Waals surface area contributed by atoms with Gasteiger partial charge in [-0.1, -0.05) is 24.3 Å². The predicted octanol–water partition coefficient (Wildman–Crippen LogP) is 5.43. The Morgan fingerprint density at radius 3 is 2.44 bits per heavy atom. The summed E-state index contributed by atoms with van der Waals surface area (Å²) in [5, 5.41) is -0.437. The van der Waals surface area contributed by atoms with E-state index in [-0.39, 0.29) is 28.5 Å². The molecule has 4 rings (SSSR count). The standard InChI is InChI=1S/C25H17F2NO5S/c1-32-21-11-16(7-10-20(21)33-24(30)17-3-2-4-19(27)13-17)12-22-23(29)28(25(31)34-22)14-15-5-8-18(26)9-6-15/h2-13H,14H2,1H3/b22-12-. The smallest absolute Gasteiger partial charge is 0.343 e. The first-order chi connectivity index (χ1) is 16.3. The van der Waals surface area contributed by atoms with Crippen LogP contribution in [-0.4, -0.2) is 29.1 Å². The summed E-state index contributed by atoms with van der Waals surface area (Å²) < 4.78 is 37.1. The molecule has 0 radical (unpaired) electrons. The van der Waals surface area contributed by atoms with E-state index in [1.165, 1.54) is 61.7 Å². The molecular weight excluding hydrogens is 464 g/mol. The van der Waals surface area contributed by atoms with E-state index in [9.17, 15) is 23.2 Å². The molecule has 3 aromatic carbocycles. The van der Waals surface area contributed by atoms with E-state index < -0.39 is 28.8 Å². The lowest BCUT2D eigenvalue weighted by Gasteiger charge is -2.12. The maximum absolute atomic E-state index is 13.4. The van der Waals surface area contributed by atoms with Crippen molar-refractivity contribution in [3.8, 4) is 11.5 Å². The first-order valence-corrected chi connectivity index (χ1v) is 10.8. The molecule has 1 aliphatic rings. The van der Waals surface area contributed by atoms with Crippen LogP contribution < -0.4 is 9.47 Å². The number of ether oxygens (including phenoxy) is 2. The molecule has 2 amide bonds. The fraction of sp³-hybridized carbons (Fsp3) is 0.0800. The van der Waals surface area contributed by atoms with Crippen LogP contribution in [0.5, 0.6) is 11.5 Å². The number of amides is 2. The molecule has 0 spiro atoms. The highest BCUT2D eigenvalue weighted by molar-refractivity contribution is 8.18. The van der Waals surface area contributed by atoms with Gasteiger partial charge >= 0.3 is 5.97 Å². The van der Waals surface area contributed by atoms with Gasteiger partial charge in [0, 0.05) is 0 Å². The number of esters is 1. The zero-order valence-corrected chi connectivity index (χ0v) is 18.6. The van der Waals surface area contributed by atoms with Crippen LogP contribution in [-0.2, 0) is 11.3 Å². The van der Waals surface area contributed by atoms with Crippen molar-refractivity contribution in [1.82, 2.24) is 4.90 Å². The molecular formula is C25H17F2NO5S. The topological polar surface area (TPSA) is 72.9 Å². The van der Waals surface area contributed by atoms with Gasteiger partial charge in [0.15, 0.2) is 11.5 Å². The second-order valence-electron chi connectivity index (χ2n) is 7.20. The lowest BCUT2D eigenvalue weighted by Crippen LogP contribution is -2.27. The minimum Gasteiger partial charge on any atom is -0.493 e. The molecule has 1 heterocycles. The van der Waals surface area contributed by atoms with Gasteiger partial charge in [-0.05, 0) is 71.4 Å². The van der Waals surface area contributed by atoms with Gasteiger partial charge in [0.2, 0.25) is 0 Å². The van der Waals surface area contributed by atoms with E-state index in [0.717, 1.165) is 22.7 Å². The molecule has 0 saturated carbocycles. The van der Waals surface area contributed by atoms with Gasteiger partial charge in [0.1, 0.15) is 11.6 Å². The molecule has 0 aliphatic carbocycles. The molecule has 0 aromatic heterocycles. The van der Waals surface area contributed by atoms with Crippen LogP contribution in [0.3, 0.4) is 0 Å². The first kappa shape index (κ1) is 23.2. The Morgan fingerprint density at radius 2 is 1.74 bits per heavy atom. The van der Waals surface area contributed by atoms with Gasteiger partial charge in [-0.3, -0.25) is 14.5 Å². The van der Waals surface area contributed by atoms with E-state index in [2.05, 4.69) is 0 Å². The van der Waals surface area contributed by atoms with E-state index >= 15 is 0 Å². The van der Waals surface area contributed by atoms with Crippen LogP contribution in [0, 0.1) is 11.6 Å². The number of halogens is 2. The van der Waals surface area contributed by atoms with Gasteiger partial charge in [0.05, 0.1) is 24.1 Å². The third kappa shape index (κ3) is 5.15. The highest BCUT2D eigenvalue weighted by Gasteiger charge is 2.35. The Labute approximate surface area is 197 Å². The molecule has 1 saturated heterocycles. The molecule has 172 valence electrons. The van der Waals surface area contributed by atoms with Gasteiger partial charge in [-0.25, -0.2) is 13.6 Å². The van der Waals surface area contributed by atoms with Gasteiger partial charge < -0.3 is 9.47 Å². The zero-order chi connectivity index (χ0) is 24.2. The number of benzene rings is 3. The monoisotopic (exact) mass is 481 g/mol. The second kappa shape index (κ2) is 9.88. The third-order valence-corrected chi connectivity index (χ3v) is 5.78. The fourth-order valence-electron chi connectivity index (χ4n) is 3.19. The summed E-state index contributed by atoms with van der Waals surface area (Å²) in [6, 6.07) is 15.3. The van der Waals surface area contributed by atoms with Crippen LogP contribution >= 0.6 is 11.8 Å². The largest absolute Gasteiger partial charge is 0.493 e. The Balaban J connectivity index is 1.51. The van der Waals surface area contributed by atoms with E-state index in [1.807, 2.05) is 0 Å². The van der Waals surface area contributed by atoms with Crippen LogP contribution in [0.25, 0.3) is 6.08 Å². The van der Waals surface area contributed by atoms with Crippen LogP contribution in [0.4, 0.5) is 13.6 Å². The zero-order valence-electron chi connectivity index (χ0n) is 17.8. The maximum Gasteiger partial charge on any atom is 0.343 e. The average molecular weight is 481 g/mol. The van der Waals surface area contributed by atoms with Crippen molar-refractivity contribution in [2.24, 2.45) is 0 Å². The van der Waals surface area contributed by atoms with Crippen molar-refractivity contribution in [2.45, 2.75) is 6.54 Å². The SMILES string of the molecule is COc1cc(/C=C2\SC(=O)N(Cc3ccc(F)cc3)C2=O)ccc1OC(=O)c1cccc(F)c1. The Bertz CT molecular complexity index is 1310. The number of methoxy groups -OCH3 is 1. The van der Waals surface area contributed by atoms with Crippen LogP contribution in [0.2, 0.25) is 0 Å². The van der Waals surface area contributed by atoms with Gasteiger partial charge in [0.25, 0.3) is 11.1 Å². The number of carbonyl (C=O) groups excluding carboxylic acids is 3. The quantitative estimate of drug-likeness (QED) is 0.266. The molecule has 0 bridgehead atoms. The van der Waals surface area contributed by atoms with E-state index in [1.54, 1.807) is 12.1 Å². The van der Waals surface area contributed by atoms with Crippen molar-refractivity contribution < 1.29 is 32.6 Å². The van der Waals surface area contributed by atoms with E-state index in [0.29, 0.717) is 11.1 Å². The summed E-state index contributed by atoms with van der Waals surface area (Å²) in [6.45, 7) is 0.0284. The summed E-state index contributed by atoms with van der Waals surface area (Å²) in [5.74, 6) is -1.88. The van der Waals surface area contributed by atoms with Crippen molar-refractivity contribution in [1.29, 1.82) is 0 Å². The number of thioether (sulfide) groups is 1. The molecule has 0 atom stereocenters. The molecule has 0 N–H and O–H groups in total. The number of imide groups is 1. The first-order valence-electron chi connectivity index (χ1n) is 9.99. The predicted molar refractivity (Wildman–Crippen MR) is 122 cm³/mol. The lowest BCUT2D eigenvalue weighted by molar-refractivity contribution is -0.123. The summed E-state index contributed by atoms with van der Waals surface area (Å²) in [7, 11) is 1.38. The Hall–Kier alpha value is -3.98. The molecule has 1 fully saturated rings. The van der Waals surface area contributed by atoms with E-state index in [4.69, 9.17) is 9.47 Å². The minimum absolute atomic E-state index is 0.0284. The van der Waals surface area contributed by atoms with Crippen molar-refractivity contribution >= 4 is 35.0 Å². The lowest BCUT2D eigenvalue weighted by atomic mass is 10.1. The molecule has 9 heteroatoms. The molecule has 34 heavy (non-hydrogen) atoms. The Morgan fingerprint density at radius 1 is 0.971 bits per heavy atom. The maximum atomic E-state index is 13.4. The summed E-state index contributed by atoms with van der Waals surface area (Å²) in [4.78, 5) is 38.7. The van der Waals surface area contributed by atoms with Crippen molar-refractivity contribution in [3.63, 3.8) is 0 Å². The molecule has 0 unspecified atom stereocenters. The second-order valence-corrected chi connectivity index (χ2v) is 8.20. The fourth-order valence-corrected chi connectivity index (χ4v) is 4.03. The van der Waals surface area contributed by atoms with Gasteiger partial charge in [-0.2, -0.15) is 0 Å². The highest BCUT2D eigenvalue weighted by atomic mass is 32.2. The number of hydrogen-bond acceptors (Lipinski definition) is 6. The van der Waals surface area contributed by atoms with Crippen LogP contribution in [0.1, 0.15) is 21.5 Å². The number of hydrogen-bond donors (Lipinski definition) is 0. The molecule has 6 nitrogen and oxygen atoms in total. The van der Waals surface area contributed by atoms with Gasteiger partial charge in [-0.15, -0.1) is 0 Å². The van der Waals surface area contributed by atoms with Crippen molar-refractivity contribution in [3.05, 3.63) is 100.0 Å². The highest BCUT2D eigenvalue weighted by Crippen LogP contribution is 2.35. The summed E-state index contributed by atoms with van der Waals surface area (Å²) in [6.07, 6.45) is 1.52. The molecule has 3 aromatic rings. The number of nitrogens with zero attached hydrogens (tertiary/aromatic N) is 1. The minimum atomic E-state index is -0.757. The third-order valence-electron chi connectivity index (χ3n) is 4.88. The normalized spacial score (nSPS) is 14.6.